The fraction of sp³-hybridized carbons (Fsp3) is 0.176. The maximum atomic E-state index is 11.3. The highest BCUT2D eigenvalue weighted by Crippen LogP contribution is 2.22. The van der Waals surface area contributed by atoms with E-state index in [-0.39, 0.29) is 17.6 Å². The molecule has 49 heavy (non-hydrogen) atoms. The third kappa shape index (κ3) is 9.12. The van der Waals surface area contributed by atoms with Gasteiger partial charge in [-0.3, -0.25) is 0 Å². The number of aromatic nitrogens is 8. The molecule has 0 atom stereocenters. The molecular weight excluding hydrogens is 645 g/mol. The number of nitrogens with one attached hydrogen (secondary N) is 1. The Morgan fingerprint density at radius 3 is 1.82 bits per heavy atom. The van der Waals surface area contributed by atoms with Crippen LogP contribution in [0.1, 0.15) is 16.7 Å². The molecule has 7 aromatic rings. The number of sulfone groups is 1. The minimum atomic E-state index is -3.45. The molecule has 0 aliphatic heterocycles. The summed E-state index contributed by atoms with van der Waals surface area (Å²) in [5, 5.41) is 11.6. The average molecular weight is 681 g/mol. The van der Waals surface area contributed by atoms with Crippen molar-refractivity contribution in [2.45, 2.75) is 24.9 Å². The van der Waals surface area contributed by atoms with Gasteiger partial charge in [0.15, 0.2) is 28.4 Å². The van der Waals surface area contributed by atoms with E-state index in [1.54, 1.807) is 17.9 Å². The minimum absolute atomic E-state index is 0.0704. The molecule has 0 bridgehead atoms. The van der Waals surface area contributed by atoms with Gasteiger partial charge in [-0.1, -0.05) is 91.0 Å². The number of nitrogens with zero attached hydrogens (tertiary/aromatic N) is 8. The molecule has 0 amide bonds. The van der Waals surface area contributed by atoms with Crippen LogP contribution in [0.25, 0.3) is 22.3 Å². The second kappa shape index (κ2) is 15.8. The summed E-state index contributed by atoms with van der Waals surface area (Å²) < 4.78 is 31.8. The molecule has 252 valence electrons. The first-order chi connectivity index (χ1) is 23.6. The molecule has 4 heterocycles. The van der Waals surface area contributed by atoms with Gasteiger partial charge in [0, 0.05) is 26.9 Å². The summed E-state index contributed by atoms with van der Waals surface area (Å²) in [6.07, 6.45) is 4.26. The van der Waals surface area contributed by atoms with Crippen molar-refractivity contribution in [2.75, 3.05) is 17.3 Å². The fourth-order valence-electron chi connectivity index (χ4n) is 4.44. The van der Waals surface area contributed by atoms with Crippen LogP contribution in [-0.4, -0.2) is 58.8 Å². The number of rotatable bonds is 8. The standard InChI is InChI=1S/C20H19N5O.C7H9N5O2S.C7H8O/c1-25-14-22-17-18(21-12-15-8-4-2-5-9-15)23-20(24-19(17)25)26-13-16-10-6-3-7-11-16;1-12-3-9-4-5(8)10-7(11-6(4)12)15(2,13)14;8-6-7-4-2-1-3-5-7/h2-11,14H,12-13H2,1H3,(H,21,23,24);3H,1-2H3,(H2,8,10,11);1-5,8H,6H2. The van der Waals surface area contributed by atoms with Gasteiger partial charge in [-0.05, 0) is 16.7 Å². The highest BCUT2D eigenvalue weighted by atomic mass is 32.2. The van der Waals surface area contributed by atoms with Gasteiger partial charge in [0.2, 0.25) is 9.84 Å². The summed E-state index contributed by atoms with van der Waals surface area (Å²) >= 11 is 0. The first kappa shape index (κ1) is 34.4. The van der Waals surface area contributed by atoms with Gasteiger partial charge in [-0.15, -0.1) is 0 Å². The van der Waals surface area contributed by atoms with Crippen LogP contribution in [0.2, 0.25) is 0 Å². The van der Waals surface area contributed by atoms with E-state index in [9.17, 15) is 8.42 Å². The highest BCUT2D eigenvalue weighted by molar-refractivity contribution is 7.90. The molecule has 0 aliphatic rings. The maximum absolute atomic E-state index is 11.3. The average Bonchev–Trinajstić information content (AvgIpc) is 3.70. The van der Waals surface area contributed by atoms with Crippen LogP contribution in [0, 0.1) is 0 Å². The summed E-state index contributed by atoms with van der Waals surface area (Å²) in [6, 6.07) is 30.0. The lowest BCUT2D eigenvalue weighted by atomic mass is 10.2. The van der Waals surface area contributed by atoms with Crippen molar-refractivity contribution in [1.29, 1.82) is 0 Å². The number of aliphatic hydroxyl groups is 1. The van der Waals surface area contributed by atoms with Crippen molar-refractivity contribution in [3.05, 3.63) is 120 Å². The molecule has 14 nitrogen and oxygen atoms in total. The van der Waals surface area contributed by atoms with Crippen molar-refractivity contribution in [1.82, 2.24) is 39.0 Å². The molecule has 0 saturated heterocycles. The normalized spacial score (nSPS) is 10.9. The first-order valence-electron chi connectivity index (χ1n) is 15.1. The number of hydrogen-bond donors (Lipinski definition) is 3. The smallest absolute Gasteiger partial charge is 0.320 e. The van der Waals surface area contributed by atoms with Crippen LogP contribution in [0.15, 0.2) is 109 Å². The minimum Gasteiger partial charge on any atom is -0.458 e. The first-order valence-corrected chi connectivity index (χ1v) is 16.9. The Morgan fingerprint density at radius 1 is 0.735 bits per heavy atom. The number of imidazole rings is 2. The van der Waals surface area contributed by atoms with Gasteiger partial charge in [0.1, 0.15) is 12.1 Å². The molecule has 0 fully saturated rings. The molecule has 7 rings (SSSR count). The lowest BCUT2D eigenvalue weighted by Crippen LogP contribution is -2.07. The summed E-state index contributed by atoms with van der Waals surface area (Å²) in [6.45, 7) is 1.21. The maximum Gasteiger partial charge on any atom is 0.320 e. The Hall–Kier alpha value is -5.93. The van der Waals surface area contributed by atoms with Gasteiger partial charge in [0.05, 0.1) is 19.3 Å². The largest absolute Gasteiger partial charge is 0.458 e. The molecule has 0 spiro atoms. The van der Waals surface area contributed by atoms with Crippen molar-refractivity contribution in [3.63, 3.8) is 0 Å². The number of aryl methyl sites for hydroxylation is 2. The van der Waals surface area contributed by atoms with E-state index in [1.165, 1.54) is 11.9 Å². The summed E-state index contributed by atoms with van der Waals surface area (Å²) in [5.74, 6) is 0.739. The second-order valence-electron chi connectivity index (χ2n) is 10.8. The number of ether oxygens (including phenoxy) is 1. The number of fused-ring (bicyclic) bond motifs is 2. The van der Waals surface area contributed by atoms with Crippen molar-refractivity contribution >= 4 is 43.8 Å². The van der Waals surface area contributed by atoms with E-state index < -0.39 is 9.84 Å². The Kier molecular flexibility index (Phi) is 11.1. The lowest BCUT2D eigenvalue weighted by molar-refractivity contribution is 0.282. The molecule has 15 heteroatoms. The van der Waals surface area contributed by atoms with Crippen molar-refractivity contribution in [2.24, 2.45) is 14.1 Å². The van der Waals surface area contributed by atoms with Crippen LogP contribution in [0.4, 0.5) is 11.6 Å². The van der Waals surface area contributed by atoms with E-state index in [1.807, 2.05) is 90.5 Å². The Morgan fingerprint density at radius 2 is 1.27 bits per heavy atom. The van der Waals surface area contributed by atoms with Crippen molar-refractivity contribution in [3.8, 4) is 6.01 Å². The summed E-state index contributed by atoms with van der Waals surface area (Å²) in [7, 11) is 0.154. The van der Waals surface area contributed by atoms with Gasteiger partial charge in [0.25, 0.3) is 5.16 Å². The van der Waals surface area contributed by atoms with Crippen LogP contribution < -0.4 is 15.8 Å². The zero-order chi connectivity index (χ0) is 34.8. The zero-order valence-electron chi connectivity index (χ0n) is 27.2. The van der Waals surface area contributed by atoms with Gasteiger partial charge >= 0.3 is 6.01 Å². The number of hydrogen-bond acceptors (Lipinski definition) is 12. The number of benzene rings is 3. The molecule has 3 aromatic carbocycles. The van der Waals surface area contributed by atoms with E-state index in [0.717, 1.165) is 28.5 Å². The van der Waals surface area contributed by atoms with Crippen molar-refractivity contribution < 1.29 is 18.3 Å². The number of nitrogens with two attached hydrogens (primary N) is 1. The Bertz CT molecular complexity index is 2230. The zero-order valence-corrected chi connectivity index (χ0v) is 28.0. The van der Waals surface area contributed by atoms with Gasteiger partial charge < -0.3 is 30.0 Å². The number of anilines is 2. The van der Waals surface area contributed by atoms with Crippen LogP contribution in [0.5, 0.6) is 6.01 Å². The molecular formula is C34H36N10O4S. The molecule has 0 aliphatic carbocycles. The number of aliphatic hydroxyl groups excluding tert-OH is 1. The molecule has 0 radical (unpaired) electrons. The molecule has 4 N–H and O–H groups in total. The predicted molar refractivity (Wildman–Crippen MR) is 187 cm³/mol. The SMILES string of the molecule is Cn1cnc2c(N)nc(S(C)(=O)=O)nc21.Cn1cnc2c(NCc3ccccc3)nc(OCc3ccccc3)nc21.OCc1ccccc1. The van der Waals surface area contributed by atoms with E-state index >= 15 is 0 Å². The second-order valence-corrected chi connectivity index (χ2v) is 12.7. The number of nitrogen functional groups attached to an aromatic ring is 1. The Labute approximate surface area is 283 Å². The summed E-state index contributed by atoms with van der Waals surface area (Å²) in [4.78, 5) is 25.0. The highest BCUT2D eigenvalue weighted by Gasteiger charge is 2.16. The Balaban J connectivity index is 0.000000170. The third-order valence-corrected chi connectivity index (χ3v) is 7.82. The van der Waals surface area contributed by atoms with Gasteiger partial charge in [-0.2, -0.15) is 19.9 Å². The van der Waals surface area contributed by atoms with E-state index in [0.29, 0.717) is 36.1 Å². The molecule has 0 unspecified atom stereocenters. The monoisotopic (exact) mass is 680 g/mol. The molecule has 4 aromatic heterocycles. The fourth-order valence-corrected chi connectivity index (χ4v) is 4.95. The van der Waals surface area contributed by atoms with Gasteiger partial charge in [-0.25, -0.2) is 18.4 Å². The quantitative estimate of drug-likeness (QED) is 0.195. The van der Waals surface area contributed by atoms with Crippen LogP contribution in [-0.2, 0) is 43.7 Å². The lowest BCUT2D eigenvalue weighted by Gasteiger charge is -2.10. The van der Waals surface area contributed by atoms with Crippen LogP contribution >= 0.6 is 0 Å². The predicted octanol–water partition coefficient (Wildman–Crippen LogP) is 4.08. The van der Waals surface area contributed by atoms with E-state index in [4.69, 9.17) is 15.6 Å². The summed E-state index contributed by atoms with van der Waals surface area (Å²) in [5.41, 5.74) is 11.1. The topological polar surface area (TPSA) is 189 Å². The van der Waals surface area contributed by atoms with E-state index in [2.05, 4.69) is 47.4 Å². The third-order valence-electron chi connectivity index (χ3n) is 6.98. The van der Waals surface area contributed by atoms with Crippen LogP contribution in [0.3, 0.4) is 0 Å². The molecule has 0 saturated carbocycles.